The summed E-state index contributed by atoms with van der Waals surface area (Å²) in [6.07, 6.45) is 1.70. The van der Waals surface area contributed by atoms with E-state index in [9.17, 15) is 5.11 Å². The summed E-state index contributed by atoms with van der Waals surface area (Å²) < 4.78 is 26.4. The van der Waals surface area contributed by atoms with E-state index >= 15 is 0 Å². The van der Waals surface area contributed by atoms with Crippen molar-refractivity contribution >= 4 is 17.0 Å². The van der Waals surface area contributed by atoms with Crippen LogP contribution in [0.15, 0.2) is 122 Å². The van der Waals surface area contributed by atoms with Crippen LogP contribution in [-0.4, -0.2) is 64.7 Å². The lowest BCUT2D eigenvalue weighted by Gasteiger charge is -2.37. The molecule has 250 valence electrons. The maximum atomic E-state index is 11.4. The maximum Gasteiger partial charge on any atom is 0.167 e. The Bertz CT molecular complexity index is 1920. The van der Waals surface area contributed by atoms with Crippen LogP contribution in [0.1, 0.15) is 34.9 Å². The number of hydrogen-bond donors (Lipinski definition) is 1. The van der Waals surface area contributed by atoms with Gasteiger partial charge in [0, 0.05) is 20.0 Å². The third kappa shape index (κ3) is 6.33. The van der Waals surface area contributed by atoms with E-state index in [2.05, 4.69) is 27.0 Å². The Labute approximate surface area is 285 Å². The van der Waals surface area contributed by atoms with E-state index < -0.39 is 24.0 Å². The standard InChI is InChI=1S/C39H39N5O5/c1-43(23-27-10-6-4-7-11-27)37-36-38(41-25-40-37)44(26-42-36)35-22-33(45)34(49-35)24-48-39(28-12-8-5-9-13-28,29-14-18-31(46-2)19-15-29)30-16-20-32(47-3)21-17-30/h4-21,25-26,33-35,45H,22-24H2,1-3H3/t33-,34+,35+/m0/s1. The van der Waals surface area contributed by atoms with E-state index in [1.54, 1.807) is 26.9 Å². The average molecular weight is 658 g/mol. The largest absolute Gasteiger partial charge is 0.497 e. The molecular formula is C39H39N5O5. The van der Waals surface area contributed by atoms with Crippen molar-refractivity contribution in [3.8, 4) is 11.5 Å². The molecule has 0 saturated carbocycles. The van der Waals surface area contributed by atoms with Gasteiger partial charge in [-0.15, -0.1) is 0 Å². The number of anilines is 1. The molecule has 2 aromatic heterocycles. The van der Waals surface area contributed by atoms with Gasteiger partial charge in [0.25, 0.3) is 0 Å². The second-order valence-corrected chi connectivity index (χ2v) is 12.1. The first-order valence-electron chi connectivity index (χ1n) is 16.2. The van der Waals surface area contributed by atoms with Gasteiger partial charge >= 0.3 is 0 Å². The van der Waals surface area contributed by atoms with Gasteiger partial charge in [-0.25, -0.2) is 15.0 Å². The number of benzene rings is 4. The summed E-state index contributed by atoms with van der Waals surface area (Å²) >= 11 is 0. The zero-order valence-corrected chi connectivity index (χ0v) is 27.7. The number of rotatable bonds is 12. The fourth-order valence-corrected chi connectivity index (χ4v) is 6.58. The molecule has 4 aromatic carbocycles. The van der Waals surface area contributed by atoms with E-state index in [4.69, 9.17) is 23.9 Å². The summed E-state index contributed by atoms with van der Waals surface area (Å²) in [6, 6.07) is 36.0. The fourth-order valence-electron chi connectivity index (χ4n) is 6.58. The zero-order chi connectivity index (χ0) is 33.8. The highest BCUT2D eigenvalue weighted by Crippen LogP contribution is 2.43. The van der Waals surface area contributed by atoms with E-state index in [-0.39, 0.29) is 6.61 Å². The Hall–Kier alpha value is -5.29. The predicted octanol–water partition coefficient (Wildman–Crippen LogP) is 6.14. The second kappa shape index (κ2) is 14.1. The summed E-state index contributed by atoms with van der Waals surface area (Å²) in [5.41, 5.74) is 4.17. The average Bonchev–Trinajstić information content (AvgIpc) is 3.76. The summed E-state index contributed by atoms with van der Waals surface area (Å²) in [7, 11) is 5.28. The lowest BCUT2D eigenvalue weighted by molar-refractivity contribution is -0.0931. The minimum Gasteiger partial charge on any atom is -0.497 e. The summed E-state index contributed by atoms with van der Waals surface area (Å²) in [4.78, 5) is 15.9. The quantitative estimate of drug-likeness (QED) is 0.156. The van der Waals surface area contributed by atoms with Gasteiger partial charge in [-0.3, -0.25) is 4.57 Å². The molecule has 3 heterocycles. The molecule has 0 bridgehead atoms. The van der Waals surface area contributed by atoms with E-state index in [1.165, 1.54) is 0 Å². The van der Waals surface area contributed by atoms with Crippen LogP contribution in [0, 0.1) is 0 Å². The monoisotopic (exact) mass is 657 g/mol. The molecule has 0 aliphatic carbocycles. The molecule has 1 aliphatic heterocycles. The molecule has 0 radical (unpaired) electrons. The minimum absolute atomic E-state index is 0.108. The van der Waals surface area contributed by atoms with Crippen molar-refractivity contribution in [2.24, 2.45) is 0 Å². The number of aliphatic hydroxyl groups is 1. The molecule has 1 N–H and O–H groups in total. The van der Waals surface area contributed by atoms with Crippen LogP contribution >= 0.6 is 0 Å². The summed E-state index contributed by atoms with van der Waals surface area (Å²) in [5, 5.41) is 11.4. The number of imidazole rings is 1. The zero-order valence-electron chi connectivity index (χ0n) is 27.7. The Balaban J connectivity index is 1.18. The van der Waals surface area contributed by atoms with Gasteiger partial charge in [-0.2, -0.15) is 0 Å². The Morgan fingerprint density at radius 3 is 2.00 bits per heavy atom. The van der Waals surface area contributed by atoms with Crippen LogP contribution in [0.3, 0.4) is 0 Å². The van der Waals surface area contributed by atoms with E-state index in [0.717, 1.165) is 39.6 Å². The molecular weight excluding hydrogens is 618 g/mol. The maximum absolute atomic E-state index is 11.4. The van der Waals surface area contributed by atoms with Gasteiger partial charge in [-0.1, -0.05) is 84.9 Å². The molecule has 1 fully saturated rings. The van der Waals surface area contributed by atoms with Crippen LogP contribution in [0.25, 0.3) is 11.2 Å². The number of fused-ring (bicyclic) bond motifs is 1. The van der Waals surface area contributed by atoms with Crippen molar-refractivity contribution in [3.63, 3.8) is 0 Å². The number of aromatic nitrogens is 4. The second-order valence-electron chi connectivity index (χ2n) is 12.1. The third-order valence-corrected chi connectivity index (χ3v) is 9.12. The van der Waals surface area contributed by atoms with Gasteiger partial charge in [0.1, 0.15) is 35.8 Å². The van der Waals surface area contributed by atoms with E-state index in [1.807, 2.05) is 109 Å². The van der Waals surface area contributed by atoms with Gasteiger partial charge in [0.2, 0.25) is 0 Å². The van der Waals surface area contributed by atoms with Gasteiger partial charge < -0.3 is 29.0 Å². The topological polar surface area (TPSA) is 104 Å². The Kier molecular flexibility index (Phi) is 9.26. The molecule has 49 heavy (non-hydrogen) atoms. The lowest BCUT2D eigenvalue weighted by Crippen LogP contribution is -2.38. The molecule has 0 spiro atoms. The Morgan fingerprint density at radius 1 is 0.796 bits per heavy atom. The van der Waals surface area contributed by atoms with Crippen molar-refractivity contribution in [3.05, 3.63) is 144 Å². The van der Waals surface area contributed by atoms with Gasteiger partial charge in [0.05, 0.1) is 33.3 Å². The third-order valence-electron chi connectivity index (χ3n) is 9.12. The lowest BCUT2D eigenvalue weighted by atomic mass is 9.80. The predicted molar refractivity (Wildman–Crippen MR) is 187 cm³/mol. The first-order valence-corrected chi connectivity index (χ1v) is 16.2. The molecule has 1 saturated heterocycles. The number of aliphatic hydroxyl groups excluding tert-OH is 1. The van der Waals surface area contributed by atoms with Crippen molar-refractivity contribution < 1.29 is 24.1 Å². The first-order chi connectivity index (χ1) is 24.0. The number of methoxy groups -OCH3 is 2. The molecule has 6 aromatic rings. The number of ether oxygens (including phenoxy) is 4. The normalized spacial score (nSPS) is 17.7. The molecule has 0 amide bonds. The number of nitrogens with zero attached hydrogens (tertiary/aromatic N) is 5. The van der Waals surface area contributed by atoms with Gasteiger partial charge in [0.15, 0.2) is 17.0 Å². The molecule has 0 unspecified atom stereocenters. The smallest absolute Gasteiger partial charge is 0.167 e. The van der Waals surface area contributed by atoms with Crippen molar-refractivity contribution in [1.29, 1.82) is 0 Å². The molecule has 10 heteroatoms. The van der Waals surface area contributed by atoms with Crippen LogP contribution in [0.2, 0.25) is 0 Å². The SMILES string of the molecule is COc1ccc(C(OC[C@H]2O[C@@H](n3cnc4c(N(C)Cc5ccccc5)ncnc43)C[C@@H]2O)(c2ccccc2)c2ccc(OC)cc2)cc1. The summed E-state index contributed by atoms with van der Waals surface area (Å²) in [6.45, 7) is 0.778. The highest BCUT2D eigenvalue weighted by Gasteiger charge is 2.42. The molecule has 3 atom stereocenters. The minimum atomic E-state index is -1.03. The van der Waals surface area contributed by atoms with E-state index in [0.29, 0.717) is 24.1 Å². The van der Waals surface area contributed by atoms with Crippen LogP contribution in [-0.2, 0) is 21.6 Å². The number of hydrogen-bond acceptors (Lipinski definition) is 9. The molecule has 1 aliphatic rings. The first kappa shape index (κ1) is 32.3. The Morgan fingerprint density at radius 2 is 1.39 bits per heavy atom. The van der Waals surface area contributed by atoms with Crippen LogP contribution in [0.5, 0.6) is 11.5 Å². The van der Waals surface area contributed by atoms with Gasteiger partial charge in [-0.05, 0) is 46.5 Å². The molecule has 7 rings (SSSR count). The van der Waals surface area contributed by atoms with Crippen LogP contribution in [0.4, 0.5) is 5.82 Å². The van der Waals surface area contributed by atoms with Crippen LogP contribution < -0.4 is 14.4 Å². The molecule has 10 nitrogen and oxygen atoms in total. The van der Waals surface area contributed by atoms with Crippen molar-refractivity contribution in [1.82, 2.24) is 19.5 Å². The van der Waals surface area contributed by atoms with Crippen molar-refractivity contribution in [2.75, 3.05) is 32.8 Å². The van der Waals surface area contributed by atoms with Crippen molar-refractivity contribution in [2.45, 2.75) is 37.0 Å². The fraction of sp³-hybridized carbons (Fsp3) is 0.256. The summed E-state index contributed by atoms with van der Waals surface area (Å²) in [5.74, 6) is 2.20. The highest BCUT2D eigenvalue weighted by molar-refractivity contribution is 5.83. The highest BCUT2D eigenvalue weighted by atomic mass is 16.6.